The van der Waals surface area contributed by atoms with Gasteiger partial charge in [0.15, 0.2) is 5.78 Å². The van der Waals surface area contributed by atoms with E-state index in [0.717, 1.165) is 41.7 Å². The van der Waals surface area contributed by atoms with Crippen LogP contribution >= 0.6 is 0 Å². The molecule has 0 radical (unpaired) electrons. The molecule has 1 unspecified atom stereocenters. The minimum absolute atomic E-state index is 0.0497. The predicted octanol–water partition coefficient (Wildman–Crippen LogP) is 7.58. The third-order valence-corrected chi connectivity index (χ3v) is 6.00. The largest absolute Gasteiger partial charge is 0.328 e. The van der Waals surface area contributed by atoms with Gasteiger partial charge in [-0.3, -0.25) is 14.6 Å². The number of unbranched alkanes of at least 4 members (excludes halogenated alkanes) is 1. The van der Waals surface area contributed by atoms with Crippen molar-refractivity contribution in [2.75, 3.05) is 0 Å². The molecule has 0 fully saturated rings. The Kier molecular flexibility index (Phi) is 12.6. The summed E-state index contributed by atoms with van der Waals surface area (Å²) in [4.78, 5) is 30.8. The minimum Gasteiger partial charge on any atom is -0.328 e. The van der Waals surface area contributed by atoms with Crippen molar-refractivity contribution in [2.45, 2.75) is 66.7 Å². The molecule has 1 N–H and O–H groups in total. The Bertz CT molecular complexity index is 1060. The maximum Gasteiger partial charge on any atom is 0.258 e. The molecular weight excluding hydrogens is 439 g/mol. The Morgan fingerprint density at radius 1 is 1.14 bits per heavy atom. The molecule has 0 aliphatic carbocycles. The SMILES string of the molecule is C=CN=C(/C=C/NC(=O)/C(=C/CCC(C)C(=C)C(=C)F)C(=O)c1cc(C)c(C)cc1C)CCCC. The van der Waals surface area contributed by atoms with Gasteiger partial charge >= 0.3 is 0 Å². The fourth-order valence-electron chi connectivity index (χ4n) is 3.52. The van der Waals surface area contributed by atoms with E-state index in [1.54, 1.807) is 12.2 Å². The van der Waals surface area contributed by atoms with Crippen LogP contribution < -0.4 is 5.32 Å². The van der Waals surface area contributed by atoms with Crippen molar-refractivity contribution in [1.82, 2.24) is 5.32 Å². The highest BCUT2D eigenvalue weighted by atomic mass is 19.1. The summed E-state index contributed by atoms with van der Waals surface area (Å²) >= 11 is 0. The van der Waals surface area contributed by atoms with Gasteiger partial charge in [-0.05, 0) is 86.8 Å². The zero-order chi connectivity index (χ0) is 26.5. The number of halogens is 1. The molecule has 0 aliphatic heterocycles. The van der Waals surface area contributed by atoms with Crippen LogP contribution in [0.1, 0.15) is 73.0 Å². The van der Waals surface area contributed by atoms with Crippen molar-refractivity contribution in [3.8, 4) is 0 Å². The average Bonchev–Trinajstić information content (AvgIpc) is 2.81. The zero-order valence-electron chi connectivity index (χ0n) is 21.8. The van der Waals surface area contributed by atoms with Crippen molar-refractivity contribution in [3.63, 3.8) is 0 Å². The molecule has 1 amide bonds. The van der Waals surface area contributed by atoms with E-state index in [1.165, 1.54) is 12.4 Å². The number of hydrogen-bond acceptors (Lipinski definition) is 3. The number of rotatable bonds is 14. The summed E-state index contributed by atoms with van der Waals surface area (Å²) in [6.45, 7) is 20.4. The lowest BCUT2D eigenvalue weighted by Crippen LogP contribution is -2.25. The highest BCUT2D eigenvalue weighted by molar-refractivity contribution is 6.26. The van der Waals surface area contributed by atoms with Gasteiger partial charge < -0.3 is 5.32 Å². The molecule has 35 heavy (non-hydrogen) atoms. The molecule has 0 bridgehead atoms. The molecule has 0 aromatic heterocycles. The zero-order valence-corrected chi connectivity index (χ0v) is 21.8. The van der Waals surface area contributed by atoms with Gasteiger partial charge in [0.2, 0.25) is 0 Å². The number of Topliss-reactive ketones (excluding diaryl/α,β-unsaturated/α-hetero) is 1. The first-order chi connectivity index (χ1) is 16.5. The van der Waals surface area contributed by atoms with E-state index >= 15 is 0 Å². The number of aryl methyl sites for hydroxylation is 3. The summed E-state index contributed by atoms with van der Waals surface area (Å²) in [7, 11) is 0. The minimum atomic E-state index is -0.550. The van der Waals surface area contributed by atoms with Gasteiger partial charge in [0, 0.05) is 23.7 Å². The lowest BCUT2D eigenvalue weighted by molar-refractivity contribution is -0.116. The number of ketones is 1. The van der Waals surface area contributed by atoms with Gasteiger partial charge in [0.1, 0.15) is 5.83 Å². The highest BCUT2D eigenvalue weighted by Gasteiger charge is 2.21. The Morgan fingerprint density at radius 3 is 2.40 bits per heavy atom. The molecule has 0 aliphatic rings. The van der Waals surface area contributed by atoms with Crippen LogP contribution in [0.15, 0.2) is 78.4 Å². The Hall–Kier alpha value is -3.34. The molecular formula is C30H39FN2O2. The topological polar surface area (TPSA) is 58.5 Å². The first kappa shape index (κ1) is 29.7. The van der Waals surface area contributed by atoms with E-state index in [2.05, 4.69) is 37.0 Å². The summed E-state index contributed by atoms with van der Waals surface area (Å²) in [5.74, 6) is -1.56. The third-order valence-electron chi connectivity index (χ3n) is 6.00. The van der Waals surface area contributed by atoms with Gasteiger partial charge in [-0.25, -0.2) is 4.39 Å². The maximum absolute atomic E-state index is 13.4. The van der Waals surface area contributed by atoms with Gasteiger partial charge in [-0.1, -0.05) is 52.1 Å². The smallest absolute Gasteiger partial charge is 0.258 e. The van der Waals surface area contributed by atoms with E-state index < -0.39 is 11.7 Å². The summed E-state index contributed by atoms with van der Waals surface area (Å²) in [5.41, 5.74) is 4.53. The Morgan fingerprint density at radius 2 is 1.80 bits per heavy atom. The van der Waals surface area contributed by atoms with Crippen LogP contribution in [0, 0.1) is 26.7 Å². The number of nitrogens with zero attached hydrogens (tertiary/aromatic N) is 1. The van der Waals surface area contributed by atoms with E-state index in [9.17, 15) is 14.0 Å². The third kappa shape index (κ3) is 9.44. The number of benzene rings is 1. The fourth-order valence-corrected chi connectivity index (χ4v) is 3.52. The summed E-state index contributed by atoms with van der Waals surface area (Å²) in [6, 6.07) is 3.77. The standard InChI is InChI=1S/C30H39FN2O2/c1-9-11-14-26(32-10-2)16-17-33-30(35)27(15-12-13-20(3)24(7)25(8)31)29(34)28-19-22(5)21(4)18-23(28)6/h10,15-20H,2,7-9,11-14H2,1,3-6H3,(H,33,35)/b17-16+,27-15+,32-26?. The number of carbonyl (C=O) groups is 2. The molecule has 0 heterocycles. The van der Waals surface area contributed by atoms with Crippen LogP contribution in [0.4, 0.5) is 4.39 Å². The highest BCUT2D eigenvalue weighted by Crippen LogP contribution is 2.23. The van der Waals surface area contributed by atoms with E-state index in [4.69, 9.17) is 0 Å². The Labute approximate surface area is 210 Å². The van der Waals surface area contributed by atoms with Crippen molar-refractivity contribution in [1.29, 1.82) is 0 Å². The van der Waals surface area contributed by atoms with E-state index in [0.29, 0.717) is 24.0 Å². The molecule has 1 aromatic carbocycles. The lowest BCUT2D eigenvalue weighted by Gasteiger charge is -2.13. The number of allylic oxidation sites excluding steroid dienone is 4. The van der Waals surface area contributed by atoms with E-state index in [1.807, 2.05) is 39.8 Å². The first-order valence-corrected chi connectivity index (χ1v) is 12.0. The second kappa shape index (κ2) is 14.8. The van der Waals surface area contributed by atoms with Crippen LogP contribution in [0.3, 0.4) is 0 Å². The van der Waals surface area contributed by atoms with Crippen LogP contribution in [0.25, 0.3) is 0 Å². The average molecular weight is 479 g/mol. The second-order valence-electron chi connectivity index (χ2n) is 8.82. The monoisotopic (exact) mass is 478 g/mol. The molecule has 0 spiro atoms. The van der Waals surface area contributed by atoms with Crippen LogP contribution in [0.2, 0.25) is 0 Å². The van der Waals surface area contributed by atoms with Gasteiger partial charge in [-0.15, -0.1) is 0 Å². The van der Waals surface area contributed by atoms with Crippen LogP contribution in [-0.4, -0.2) is 17.4 Å². The molecule has 1 atom stereocenters. The summed E-state index contributed by atoms with van der Waals surface area (Å²) < 4.78 is 13.4. The predicted molar refractivity (Wildman–Crippen MR) is 145 cm³/mol. The lowest BCUT2D eigenvalue weighted by atomic mass is 9.92. The summed E-state index contributed by atoms with van der Waals surface area (Å²) in [6.07, 6.45) is 10.0. The Balaban J connectivity index is 3.20. The van der Waals surface area contributed by atoms with Crippen LogP contribution in [-0.2, 0) is 4.79 Å². The molecule has 1 aromatic rings. The maximum atomic E-state index is 13.4. The first-order valence-electron chi connectivity index (χ1n) is 12.0. The quantitative estimate of drug-likeness (QED) is 0.0748. The molecule has 188 valence electrons. The number of hydrogen-bond donors (Lipinski definition) is 1. The molecule has 1 rings (SSSR count). The normalized spacial score (nSPS) is 13.0. The molecule has 0 saturated carbocycles. The number of amides is 1. The van der Waals surface area contributed by atoms with Crippen LogP contribution in [0.5, 0.6) is 0 Å². The summed E-state index contributed by atoms with van der Waals surface area (Å²) in [5, 5.41) is 2.71. The van der Waals surface area contributed by atoms with Crippen molar-refractivity contribution < 1.29 is 14.0 Å². The number of aliphatic imine (C=N–C) groups is 1. The second-order valence-corrected chi connectivity index (χ2v) is 8.82. The molecule has 0 saturated heterocycles. The van der Waals surface area contributed by atoms with Gasteiger partial charge in [0.25, 0.3) is 5.91 Å². The molecule has 5 heteroatoms. The fraction of sp³-hybridized carbons (Fsp3) is 0.367. The molecule has 4 nitrogen and oxygen atoms in total. The van der Waals surface area contributed by atoms with Gasteiger partial charge in [-0.2, -0.15) is 0 Å². The van der Waals surface area contributed by atoms with E-state index in [-0.39, 0.29) is 17.3 Å². The number of carbonyl (C=O) groups excluding carboxylic acids is 2. The van der Waals surface area contributed by atoms with Crippen molar-refractivity contribution >= 4 is 17.4 Å². The van der Waals surface area contributed by atoms with Gasteiger partial charge in [0.05, 0.1) is 5.57 Å². The number of nitrogens with one attached hydrogen (secondary N) is 1. The van der Waals surface area contributed by atoms with Crippen molar-refractivity contribution in [3.05, 3.63) is 95.6 Å². The van der Waals surface area contributed by atoms with Crippen molar-refractivity contribution in [2.24, 2.45) is 10.9 Å².